The van der Waals surface area contributed by atoms with Crippen LogP contribution in [0.4, 0.5) is 10.2 Å². The van der Waals surface area contributed by atoms with Crippen molar-refractivity contribution in [3.8, 4) is 0 Å². The minimum Gasteiger partial charge on any atom is -0.353 e. The first kappa shape index (κ1) is 11.4. The highest BCUT2D eigenvalue weighted by molar-refractivity contribution is 9.10. The first-order chi connectivity index (χ1) is 6.69. The van der Waals surface area contributed by atoms with E-state index in [4.69, 9.17) is 5.73 Å². The van der Waals surface area contributed by atoms with Gasteiger partial charge in [-0.25, -0.2) is 9.37 Å². The zero-order valence-electron chi connectivity index (χ0n) is 8.00. The van der Waals surface area contributed by atoms with Gasteiger partial charge in [0, 0.05) is 30.3 Å². The third kappa shape index (κ3) is 2.65. The third-order valence-corrected chi connectivity index (χ3v) is 2.30. The third-order valence-electron chi connectivity index (χ3n) is 1.87. The summed E-state index contributed by atoms with van der Waals surface area (Å²) in [5.41, 5.74) is 5.42. The molecule has 0 aromatic carbocycles. The van der Waals surface area contributed by atoms with Crippen LogP contribution in [0.15, 0.2) is 16.7 Å². The average Bonchev–Trinajstić information content (AvgIpc) is 2.15. The van der Waals surface area contributed by atoms with Crippen LogP contribution in [0.1, 0.15) is 6.92 Å². The summed E-state index contributed by atoms with van der Waals surface area (Å²) in [6, 6.07) is 1.40. The number of nitrogens with zero attached hydrogens (tertiary/aromatic N) is 2. The number of likely N-dealkylation sites (N-methyl/N-ethyl adjacent to an activating group) is 1. The first-order valence-electron chi connectivity index (χ1n) is 4.45. The van der Waals surface area contributed by atoms with E-state index in [2.05, 4.69) is 20.9 Å². The van der Waals surface area contributed by atoms with Crippen molar-refractivity contribution in [2.45, 2.75) is 6.92 Å². The number of anilines is 1. The summed E-state index contributed by atoms with van der Waals surface area (Å²) < 4.78 is 14.1. The van der Waals surface area contributed by atoms with Crippen molar-refractivity contribution in [2.24, 2.45) is 5.73 Å². The van der Waals surface area contributed by atoms with Gasteiger partial charge < -0.3 is 10.6 Å². The van der Waals surface area contributed by atoms with E-state index in [1.807, 2.05) is 11.8 Å². The topological polar surface area (TPSA) is 42.1 Å². The van der Waals surface area contributed by atoms with Gasteiger partial charge in [-0.3, -0.25) is 0 Å². The number of hydrogen-bond acceptors (Lipinski definition) is 3. The Morgan fingerprint density at radius 3 is 2.86 bits per heavy atom. The van der Waals surface area contributed by atoms with Crippen LogP contribution < -0.4 is 10.6 Å². The van der Waals surface area contributed by atoms with Gasteiger partial charge in [0.15, 0.2) is 11.6 Å². The fraction of sp³-hybridized carbons (Fsp3) is 0.444. The number of pyridine rings is 1. The van der Waals surface area contributed by atoms with E-state index in [1.165, 1.54) is 6.07 Å². The Bertz CT molecular complexity index is 306. The highest BCUT2D eigenvalue weighted by Gasteiger charge is 2.10. The predicted molar refractivity (Wildman–Crippen MR) is 58.8 cm³/mol. The van der Waals surface area contributed by atoms with Crippen LogP contribution in [0.5, 0.6) is 0 Å². The number of rotatable bonds is 4. The van der Waals surface area contributed by atoms with Crippen LogP contribution in [-0.2, 0) is 0 Å². The van der Waals surface area contributed by atoms with Crippen molar-refractivity contribution in [3.63, 3.8) is 0 Å². The lowest BCUT2D eigenvalue weighted by atomic mass is 10.4. The molecule has 14 heavy (non-hydrogen) atoms. The van der Waals surface area contributed by atoms with E-state index in [9.17, 15) is 4.39 Å². The lowest BCUT2D eigenvalue weighted by Gasteiger charge is -2.21. The van der Waals surface area contributed by atoms with Gasteiger partial charge in [-0.1, -0.05) is 0 Å². The number of nitrogens with two attached hydrogens (primary N) is 1. The maximum absolute atomic E-state index is 13.4. The molecule has 0 radical (unpaired) electrons. The van der Waals surface area contributed by atoms with Crippen molar-refractivity contribution in [2.75, 3.05) is 24.5 Å². The molecule has 0 saturated carbocycles. The summed E-state index contributed by atoms with van der Waals surface area (Å²) in [5, 5.41) is 0. The number of aromatic nitrogens is 1. The van der Waals surface area contributed by atoms with E-state index < -0.39 is 0 Å². The lowest BCUT2D eigenvalue weighted by Crippen LogP contribution is -2.30. The van der Waals surface area contributed by atoms with Crippen LogP contribution in [0.2, 0.25) is 0 Å². The fourth-order valence-electron chi connectivity index (χ4n) is 1.21. The van der Waals surface area contributed by atoms with Gasteiger partial charge in [0.2, 0.25) is 0 Å². The molecule has 1 heterocycles. The summed E-state index contributed by atoms with van der Waals surface area (Å²) in [4.78, 5) is 5.82. The molecule has 3 nitrogen and oxygen atoms in total. The van der Waals surface area contributed by atoms with E-state index in [-0.39, 0.29) is 5.82 Å². The van der Waals surface area contributed by atoms with E-state index in [0.29, 0.717) is 29.9 Å². The van der Waals surface area contributed by atoms with Crippen molar-refractivity contribution in [1.29, 1.82) is 0 Å². The van der Waals surface area contributed by atoms with Gasteiger partial charge in [-0.15, -0.1) is 0 Å². The first-order valence-corrected chi connectivity index (χ1v) is 5.24. The zero-order chi connectivity index (χ0) is 10.6. The average molecular weight is 262 g/mol. The molecule has 0 atom stereocenters. The quantitative estimate of drug-likeness (QED) is 0.899. The smallest absolute Gasteiger partial charge is 0.166 e. The monoisotopic (exact) mass is 261 g/mol. The molecule has 2 N–H and O–H groups in total. The van der Waals surface area contributed by atoms with Crippen LogP contribution in [0.25, 0.3) is 0 Å². The lowest BCUT2D eigenvalue weighted by molar-refractivity contribution is 0.609. The molecule has 1 rings (SSSR count). The maximum Gasteiger partial charge on any atom is 0.166 e. The van der Waals surface area contributed by atoms with Crippen molar-refractivity contribution in [3.05, 3.63) is 22.6 Å². The predicted octanol–water partition coefficient (Wildman–Crippen LogP) is 1.77. The van der Waals surface area contributed by atoms with Gasteiger partial charge in [0.25, 0.3) is 0 Å². The Balaban J connectivity index is 2.92. The molecule has 78 valence electrons. The Morgan fingerprint density at radius 1 is 1.64 bits per heavy atom. The van der Waals surface area contributed by atoms with E-state index in [1.54, 1.807) is 6.20 Å². The molecule has 0 fully saturated rings. The second-order valence-electron chi connectivity index (χ2n) is 2.83. The number of hydrogen-bond donors (Lipinski definition) is 1. The summed E-state index contributed by atoms with van der Waals surface area (Å²) in [6.07, 6.45) is 1.58. The van der Waals surface area contributed by atoms with Crippen molar-refractivity contribution in [1.82, 2.24) is 4.98 Å². The van der Waals surface area contributed by atoms with Gasteiger partial charge >= 0.3 is 0 Å². The molecule has 0 bridgehead atoms. The SMILES string of the molecule is CCN(CCN)c1ncc(Br)cc1F. The minimum atomic E-state index is -0.324. The maximum atomic E-state index is 13.4. The van der Waals surface area contributed by atoms with Gasteiger partial charge in [0.05, 0.1) is 0 Å². The van der Waals surface area contributed by atoms with Crippen molar-refractivity contribution >= 4 is 21.7 Å². The Labute approximate surface area is 91.2 Å². The summed E-state index contributed by atoms with van der Waals surface area (Å²) in [6.45, 7) is 3.74. The fourth-order valence-corrected chi connectivity index (χ4v) is 1.51. The van der Waals surface area contributed by atoms with Crippen LogP contribution >= 0.6 is 15.9 Å². The van der Waals surface area contributed by atoms with Crippen molar-refractivity contribution < 1.29 is 4.39 Å². The van der Waals surface area contributed by atoms with Gasteiger partial charge in [0.1, 0.15) is 0 Å². The largest absolute Gasteiger partial charge is 0.353 e. The molecule has 0 aliphatic rings. The molecule has 1 aromatic rings. The standard InChI is InChI=1S/C9H13BrFN3/c1-2-14(4-3-12)9-8(11)5-7(10)6-13-9/h5-6H,2-4,12H2,1H3. The minimum absolute atomic E-state index is 0.324. The summed E-state index contributed by atoms with van der Waals surface area (Å²) >= 11 is 3.16. The molecule has 0 aliphatic heterocycles. The molecule has 0 saturated heterocycles. The molecular weight excluding hydrogens is 249 g/mol. The van der Waals surface area contributed by atoms with Crippen LogP contribution in [-0.4, -0.2) is 24.6 Å². The normalized spacial score (nSPS) is 10.3. The van der Waals surface area contributed by atoms with E-state index in [0.717, 1.165) is 0 Å². The van der Waals surface area contributed by atoms with Gasteiger partial charge in [-0.2, -0.15) is 0 Å². The molecule has 0 spiro atoms. The highest BCUT2D eigenvalue weighted by Crippen LogP contribution is 2.19. The molecule has 0 unspecified atom stereocenters. The molecule has 1 aromatic heterocycles. The summed E-state index contributed by atoms with van der Waals surface area (Å²) in [7, 11) is 0. The molecule has 0 aliphatic carbocycles. The highest BCUT2D eigenvalue weighted by atomic mass is 79.9. The van der Waals surface area contributed by atoms with Gasteiger partial charge in [-0.05, 0) is 28.9 Å². The number of halogens is 2. The Kier molecular flexibility index (Phi) is 4.28. The molecule has 5 heteroatoms. The van der Waals surface area contributed by atoms with Crippen LogP contribution in [0, 0.1) is 5.82 Å². The molecular formula is C9H13BrFN3. The Hall–Kier alpha value is -0.680. The second kappa shape index (κ2) is 5.26. The van der Waals surface area contributed by atoms with E-state index >= 15 is 0 Å². The summed E-state index contributed by atoms with van der Waals surface area (Å²) in [5.74, 6) is 0.0378. The van der Waals surface area contributed by atoms with Crippen LogP contribution in [0.3, 0.4) is 0 Å². The molecule has 0 amide bonds. The second-order valence-corrected chi connectivity index (χ2v) is 3.74. The zero-order valence-corrected chi connectivity index (χ0v) is 9.59. The Morgan fingerprint density at radius 2 is 2.36 bits per heavy atom.